The topological polar surface area (TPSA) is 98.2 Å². The Balaban J connectivity index is 1.53. The summed E-state index contributed by atoms with van der Waals surface area (Å²) in [5.41, 5.74) is 4.72. The maximum atomic E-state index is 12.2. The van der Waals surface area contributed by atoms with Crippen molar-refractivity contribution < 1.29 is 9.46 Å². The van der Waals surface area contributed by atoms with E-state index < -0.39 is 7.37 Å². The average Bonchev–Trinajstić information content (AvgIpc) is 3.44. The van der Waals surface area contributed by atoms with Gasteiger partial charge in [0.15, 0.2) is 5.65 Å². The van der Waals surface area contributed by atoms with Crippen LogP contribution in [0.4, 0.5) is 0 Å². The van der Waals surface area contributed by atoms with Crippen molar-refractivity contribution in [2.45, 2.75) is 19.9 Å². The van der Waals surface area contributed by atoms with Gasteiger partial charge in [0.2, 0.25) is 13.0 Å². The molecule has 31 heavy (non-hydrogen) atoms. The van der Waals surface area contributed by atoms with Crippen LogP contribution in [0.25, 0.3) is 28.1 Å². The van der Waals surface area contributed by atoms with Crippen molar-refractivity contribution in [2.75, 3.05) is 6.16 Å². The van der Waals surface area contributed by atoms with Crippen LogP contribution in [0.1, 0.15) is 25.5 Å². The van der Waals surface area contributed by atoms with Crippen LogP contribution in [0.15, 0.2) is 67.1 Å². The number of pyridine rings is 1. The number of aromatic nitrogens is 6. The number of hydrogen-bond acceptors (Lipinski definition) is 5. The van der Waals surface area contributed by atoms with Crippen molar-refractivity contribution >= 4 is 29.5 Å². The summed E-state index contributed by atoms with van der Waals surface area (Å²) in [4.78, 5) is 19.2. The molecular weight excluding hydrogens is 411 g/mol. The van der Waals surface area contributed by atoms with Gasteiger partial charge in [0.25, 0.3) is 0 Å². The minimum absolute atomic E-state index is 0.0893. The van der Waals surface area contributed by atoms with E-state index in [1.165, 1.54) is 0 Å². The quantitative estimate of drug-likeness (QED) is 0.426. The second kappa shape index (κ2) is 7.41. The fourth-order valence-electron chi connectivity index (χ4n) is 3.62. The summed E-state index contributed by atoms with van der Waals surface area (Å²) in [5, 5.41) is 8.90. The van der Waals surface area contributed by atoms with Gasteiger partial charge in [0.05, 0.1) is 17.9 Å². The van der Waals surface area contributed by atoms with E-state index in [0.29, 0.717) is 22.3 Å². The summed E-state index contributed by atoms with van der Waals surface area (Å²) in [5.74, 6) is 0. The molecule has 1 N–H and O–H groups in total. The molecular formula is C22H21N6O2P. The first kappa shape index (κ1) is 19.6. The lowest BCUT2D eigenvalue weighted by Gasteiger charge is -2.13. The first-order valence-corrected chi connectivity index (χ1v) is 11.9. The minimum atomic E-state index is -3.30. The molecule has 0 aliphatic carbocycles. The Morgan fingerprint density at radius 3 is 2.71 bits per heavy atom. The number of nitrogens with zero attached hydrogens (tertiary/aromatic N) is 6. The van der Waals surface area contributed by atoms with Gasteiger partial charge in [-0.15, -0.1) is 5.10 Å². The van der Waals surface area contributed by atoms with E-state index >= 15 is 0 Å². The zero-order chi connectivity index (χ0) is 21.6. The number of rotatable bonds is 5. The van der Waals surface area contributed by atoms with Crippen LogP contribution in [0.3, 0.4) is 0 Å². The number of hydrogen-bond donors (Lipinski definition) is 1. The fraction of sp³-hybridized carbons (Fsp3) is 0.182. The first-order valence-electron chi connectivity index (χ1n) is 10.0. The summed E-state index contributed by atoms with van der Waals surface area (Å²) >= 11 is 0. The van der Waals surface area contributed by atoms with E-state index in [0.717, 1.165) is 16.6 Å². The average molecular weight is 432 g/mol. The highest BCUT2D eigenvalue weighted by Crippen LogP contribution is 2.38. The summed E-state index contributed by atoms with van der Waals surface area (Å²) in [6.07, 6.45) is 5.93. The molecule has 2 atom stereocenters. The molecule has 156 valence electrons. The smallest absolute Gasteiger partial charge is 0.229 e. The number of fused-ring (bicyclic) bond motifs is 2. The predicted molar refractivity (Wildman–Crippen MR) is 120 cm³/mol. The number of benzene rings is 1. The Bertz CT molecular complexity index is 1440. The van der Waals surface area contributed by atoms with Crippen molar-refractivity contribution in [2.24, 2.45) is 0 Å². The van der Waals surface area contributed by atoms with Crippen LogP contribution in [0.2, 0.25) is 0 Å². The van der Waals surface area contributed by atoms with Crippen molar-refractivity contribution in [3.8, 4) is 11.3 Å². The van der Waals surface area contributed by atoms with Gasteiger partial charge in [-0.25, -0.2) is 14.6 Å². The van der Waals surface area contributed by atoms with Crippen molar-refractivity contribution in [3.63, 3.8) is 0 Å². The summed E-state index contributed by atoms with van der Waals surface area (Å²) in [6, 6.07) is 15.1. The van der Waals surface area contributed by atoms with Crippen molar-refractivity contribution in [1.29, 1.82) is 0 Å². The highest BCUT2D eigenvalue weighted by atomic mass is 31.2. The van der Waals surface area contributed by atoms with Gasteiger partial charge in [-0.2, -0.15) is 0 Å². The Morgan fingerprint density at radius 2 is 1.94 bits per heavy atom. The maximum Gasteiger partial charge on any atom is 0.229 e. The van der Waals surface area contributed by atoms with Crippen LogP contribution in [0.5, 0.6) is 0 Å². The lowest BCUT2D eigenvalue weighted by atomic mass is 10.1. The molecule has 0 spiro atoms. The van der Waals surface area contributed by atoms with E-state index in [1.54, 1.807) is 42.1 Å². The molecule has 0 fully saturated rings. The molecule has 4 aromatic heterocycles. The van der Waals surface area contributed by atoms with Crippen molar-refractivity contribution in [1.82, 2.24) is 29.4 Å². The van der Waals surface area contributed by atoms with E-state index in [2.05, 4.69) is 44.1 Å². The van der Waals surface area contributed by atoms with E-state index in [-0.39, 0.29) is 12.2 Å². The van der Waals surface area contributed by atoms with Crippen LogP contribution in [0, 0.1) is 0 Å². The first-order chi connectivity index (χ1) is 15.0. The van der Waals surface area contributed by atoms with Gasteiger partial charge in [-0.1, -0.05) is 30.3 Å². The van der Waals surface area contributed by atoms with Gasteiger partial charge in [0.1, 0.15) is 0 Å². The third-order valence-electron chi connectivity index (χ3n) is 5.58. The highest BCUT2D eigenvalue weighted by molar-refractivity contribution is 7.66. The minimum Gasteiger partial charge on any atom is -0.341 e. The molecule has 0 saturated heterocycles. The lowest BCUT2D eigenvalue weighted by molar-refractivity contribution is 0.491. The predicted octanol–water partition coefficient (Wildman–Crippen LogP) is 3.67. The Labute approximate surface area is 178 Å². The molecule has 0 amide bonds. The summed E-state index contributed by atoms with van der Waals surface area (Å²) in [6.45, 7) is 3.75. The standard InChI is InChI=1S/C22H21N6O2P/c1-3-31(29,30)19-10-7-16(8-11-19)20-13-23-21-22(24-20)28(26-25-21)15(2)17-6-9-18-5-4-12-27(18)14-17/h4-15H,3H2,1-2H3,(H,29,30). The zero-order valence-electron chi connectivity index (χ0n) is 17.1. The monoisotopic (exact) mass is 432 g/mol. The Kier molecular flexibility index (Phi) is 4.68. The zero-order valence-corrected chi connectivity index (χ0v) is 18.0. The summed E-state index contributed by atoms with van der Waals surface area (Å²) < 4.78 is 16.0. The van der Waals surface area contributed by atoms with Gasteiger partial charge in [0, 0.05) is 34.9 Å². The molecule has 0 bridgehead atoms. The van der Waals surface area contributed by atoms with Crippen LogP contribution >= 0.6 is 7.37 Å². The van der Waals surface area contributed by atoms with Gasteiger partial charge < -0.3 is 9.29 Å². The lowest BCUT2D eigenvalue weighted by Crippen LogP contribution is -2.10. The van der Waals surface area contributed by atoms with Crippen LogP contribution < -0.4 is 5.30 Å². The molecule has 4 heterocycles. The molecule has 9 heteroatoms. The van der Waals surface area contributed by atoms with E-state index in [1.807, 2.05) is 19.2 Å². The summed E-state index contributed by atoms with van der Waals surface area (Å²) in [7, 11) is -3.30. The SMILES string of the molecule is CCP(=O)(O)c1ccc(-c2cnc3nnn(C(C)c4ccc5cccn5c4)c3n2)cc1. The second-order valence-electron chi connectivity index (χ2n) is 7.48. The fourth-order valence-corrected chi connectivity index (χ4v) is 4.60. The van der Waals surface area contributed by atoms with E-state index in [9.17, 15) is 9.46 Å². The molecule has 5 aromatic rings. The second-order valence-corrected chi connectivity index (χ2v) is 10.0. The molecule has 1 aromatic carbocycles. The molecule has 5 rings (SSSR count). The molecule has 8 nitrogen and oxygen atoms in total. The Hall–Kier alpha value is -3.35. The molecule has 0 saturated carbocycles. The van der Waals surface area contributed by atoms with Gasteiger partial charge >= 0.3 is 0 Å². The Morgan fingerprint density at radius 1 is 1.13 bits per heavy atom. The molecule has 0 aliphatic heterocycles. The van der Waals surface area contributed by atoms with Crippen molar-refractivity contribution in [3.05, 3.63) is 72.7 Å². The maximum absolute atomic E-state index is 12.2. The van der Waals surface area contributed by atoms with Crippen LogP contribution in [-0.2, 0) is 4.57 Å². The normalized spacial score (nSPS) is 14.7. The third-order valence-corrected chi connectivity index (χ3v) is 7.54. The van der Waals surface area contributed by atoms with Gasteiger partial charge in [-0.05, 0) is 42.8 Å². The largest absolute Gasteiger partial charge is 0.341 e. The molecule has 0 radical (unpaired) electrons. The molecule has 0 aliphatic rings. The molecule has 2 unspecified atom stereocenters. The van der Waals surface area contributed by atoms with E-state index in [4.69, 9.17) is 4.98 Å². The van der Waals surface area contributed by atoms with Crippen LogP contribution in [-0.4, -0.2) is 40.4 Å². The highest BCUT2D eigenvalue weighted by Gasteiger charge is 2.19. The van der Waals surface area contributed by atoms with Gasteiger partial charge in [-0.3, -0.25) is 4.57 Å². The third kappa shape index (κ3) is 3.44.